The van der Waals surface area contributed by atoms with E-state index in [0.29, 0.717) is 10.7 Å². The van der Waals surface area contributed by atoms with E-state index in [0.717, 1.165) is 25.2 Å². The number of aromatic nitrogens is 3. The van der Waals surface area contributed by atoms with Gasteiger partial charge in [0.25, 0.3) is 0 Å². The molecule has 0 N–H and O–H groups in total. The van der Waals surface area contributed by atoms with Gasteiger partial charge in [-0.3, -0.25) is 0 Å². The summed E-state index contributed by atoms with van der Waals surface area (Å²) in [5.74, 6) is 1.67. The monoisotopic (exact) mass is 321 g/mol. The molecule has 0 aliphatic heterocycles. The zero-order valence-electron chi connectivity index (χ0n) is 11.5. The van der Waals surface area contributed by atoms with Crippen molar-refractivity contribution in [3.63, 3.8) is 0 Å². The van der Waals surface area contributed by atoms with Crippen LogP contribution in [0, 0.1) is 5.92 Å². The summed E-state index contributed by atoms with van der Waals surface area (Å²) in [6.45, 7) is 5.33. The van der Waals surface area contributed by atoms with Crippen molar-refractivity contribution in [2.75, 3.05) is 0 Å². The van der Waals surface area contributed by atoms with Crippen LogP contribution in [-0.2, 0) is 13.0 Å². The lowest BCUT2D eigenvalue weighted by Gasteiger charge is -2.11. The van der Waals surface area contributed by atoms with Crippen LogP contribution in [-0.4, -0.2) is 14.8 Å². The maximum absolute atomic E-state index is 4.37. The second-order valence-corrected chi connectivity index (χ2v) is 6.27. The quantitative estimate of drug-likeness (QED) is 0.753. The molecule has 1 aromatic carbocycles. The van der Waals surface area contributed by atoms with E-state index in [1.165, 1.54) is 5.56 Å². The normalized spacial score (nSPS) is 12.8. The third-order valence-electron chi connectivity index (χ3n) is 3.02. The van der Waals surface area contributed by atoms with Crippen molar-refractivity contribution in [2.45, 2.75) is 38.1 Å². The van der Waals surface area contributed by atoms with E-state index in [9.17, 15) is 0 Å². The zero-order valence-corrected chi connectivity index (χ0v) is 13.0. The van der Waals surface area contributed by atoms with Gasteiger partial charge in [-0.05, 0) is 17.9 Å². The average molecular weight is 322 g/mol. The predicted octanol–water partition coefficient (Wildman–Crippen LogP) is 4.00. The molecule has 0 bridgehead atoms. The SMILES string of the molecule is CC(C)Cn1ncnc1CCC(Br)c1ccccc1. The highest BCUT2D eigenvalue weighted by atomic mass is 79.9. The lowest BCUT2D eigenvalue weighted by Crippen LogP contribution is -2.10. The van der Waals surface area contributed by atoms with Gasteiger partial charge in [-0.1, -0.05) is 60.1 Å². The van der Waals surface area contributed by atoms with E-state index >= 15 is 0 Å². The fourth-order valence-electron chi connectivity index (χ4n) is 2.06. The summed E-state index contributed by atoms with van der Waals surface area (Å²) >= 11 is 3.75. The predicted molar refractivity (Wildman–Crippen MR) is 81.3 cm³/mol. The second kappa shape index (κ2) is 6.85. The van der Waals surface area contributed by atoms with Crippen LogP contribution < -0.4 is 0 Å². The minimum absolute atomic E-state index is 0.373. The van der Waals surface area contributed by atoms with Crippen LogP contribution >= 0.6 is 15.9 Å². The number of halogens is 1. The smallest absolute Gasteiger partial charge is 0.138 e. The molecule has 2 aromatic rings. The summed E-state index contributed by atoms with van der Waals surface area (Å²) in [7, 11) is 0. The van der Waals surface area contributed by atoms with Crippen LogP contribution in [0.1, 0.15) is 36.5 Å². The highest BCUT2D eigenvalue weighted by Gasteiger charge is 2.11. The number of nitrogens with zero attached hydrogens (tertiary/aromatic N) is 3. The van der Waals surface area contributed by atoms with E-state index in [4.69, 9.17) is 0 Å². The molecule has 1 unspecified atom stereocenters. The largest absolute Gasteiger partial charge is 0.250 e. The highest BCUT2D eigenvalue weighted by Crippen LogP contribution is 2.27. The fraction of sp³-hybridized carbons (Fsp3) is 0.467. The van der Waals surface area contributed by atoms with Crippen molar-refractivity contribution in [2.24, 2.45) is 5.92 Å². The molecule has 19 heavy (non-hydrogen) atoms. The molecule has 2 rings (SSSR count). The molecular formula is C15H20BrN3. The molecule has 1 atom stereocenters. The number of rotatable bonds is 6. The van der Waals surface area contributed by atoms with Crippen LogP contribution in [0.25, 0.3) is 0 Å². The van der Waals surface area contributed by atoms with Crippen molar-refractivity contribution >= 4 is 15.9 Å². The topological polar surface area (TPSA) is 30.7 Å². The first-order chi connectivity index (χ1) is 9.16. The number of aryl methyl sites for hydroxylation is 1. The molecule has 0 saturated heterocycles. The van der Waals surface area contributed by atoms with E-state index < -0.39 is 0 Å². The molecule has 0 aliphatic rings. The molecule has 1 aromatic heterocycles. The van der Waals surface area contributed by atoms with E-state index in [1.54, 1.807) is 6.33 Å². The summed E-state index contributed by atoms with van der Waals surface area (Å²) in [6.07, 6.45) is 3.63. The Morgan fingerprint density at radius 3 is 2.63 bits per heavy atom. The molecule has 0 amide bonds. The molecule has 4 heteroatoms. The molecule has 0 radical (unpaired) electrons. The number of benzene rings is 1. The molecule has 3 nitrogen and oxygen atoms in total. The Morgan fingerprint density at radius 2 is 1.95 bits per heavy atom. The Balaban J connectivity index is 1.94. The lowest BCUT2D eigenvalue weighted by molar-refractivity contribution is 0.463. The molecule has 1 heterocycles. The van der Waals surface area contributed by atoms with Gasteiger partial charge in [0.15, 0.2) is 0 Å². The van der Waals surface area contributed by atoms with Crippen LogP contribution in [0.5, 0.6) is 0 Å². The molecule has 0 fully saturated rings. The van der Waals surface area contributed by atoms with Gasteiger partial charge in [-0.15, -0.1) is 0 Å². The number of hydrogen-bond acceptors (Lipinski definition) is 2. The van der Waals surface area contributed by atoms with E-state index in [2.05, 4.69) is 64.1 Å². The van der Waals surface area contributed by atoms with Gasteiger partial charge >= 0.3 is 0 Å². The van der Waals surface area contributed by atoms with Gasteiger partial charge in [0.05, 0.1) is 0 Å². The maximum atomic E-state index is 4.37. The maximum Gasteiger partial charge on any atom is 0.138 e. The molecule has 0 saturated carbocycles. The first kappa shape index (κ1) is 14.3. The Kier molecular flexibility index (Phi) is 5.14. The van der Waals surface area contributed by atoms with Gasteiger partial charge in [0, 0.05) is 17.8 Å². The van der Waals surface area contributed by atoms with Gasteiger partial charge in [-0.25, -0.2) is 9.67 Å². The third-order valence-corrected chi connectivity index (χ3v) is 4.00. The summed E-state index contributed by atoms with van der Waals surface area (Å²) in [6, 6.07) is 10.5. The minimum Gasteiger partial charge on any atom is -0.250 e. The van der Waals surface area contributed by atoms with Crippen molar-refractivity contribution in [1.82, 2.24) is 14.8 Å². The minimum atomic E-state index is 0.373. The number of hydrogen-bond donors (Lipinski definition) is 0. The average Bonchev–Trinajstić information content (AvgIpc) is 2.83. The summed E-state index contributed by atoms with van der Waals surface area (Å²) in [5, 5.41) is 4.30. The second-order valence-electron chi connectivity index (χ2n) is 5.17. The van der Waals surface area contributed by atoms with Crippen molar-refractivity contribution in [1.29, 1.82) is 0 Å². The van der Waals surface area contributed by atoms with Crippen molar-refractivity contribution in [3.8, 4) is 0 Å². The third kappa shape index (κ3) is 4.16. The summed E-state index contributed by atoms with van der Waals surface area (Å²) in [5.41, 5.74) is 1.32. The van der Waals surface area contributed by atoms with Gasteiger partial charge < -0.3 is 0 Å². The Labute approximate surface area is 123 Å². The van der Waals surface area contributed by atoms with E-state index in [-0.39, 0.29) is 0 Å². The Morgan fingerprint density at radius 1 is 1.21 bits per heavy atom. The van der Waals surface area contributed by atoms with Crippen LogP contribution in [0.4, 0.5) is 0 Å². The van der Waals surface area contributed by atoms with Crippen LogP contribution in [0.2, 0.25) is 0 Å². The zero-order chi connectivity index (χ0) is 13.7. The highest BCUT2D eigenvalue weighted by molar-refractivity contribution is 9.09. The Bertz CT molecular complexity index is 493. The number of alkyl halides is 1. The van der Waals surface area contributed by atoms with Crippen molar-refractivity contribution < 1.29 is 0 Å². The molecule has 0 spiro atoms. The molecule has 102 valence electrons. The molecule has 0 aliphatic carbocycles. The summed E-state index contributed by atoms with van der Waals surface area (Å²) in [4.78, 5) is 4.74. The first-order valence-electron chi connectivity index (χ1n) is 6.72. The van der Waals surface area contributed by atoms with Gasteiger partial charge in [-0.2, -0.15) is 5.10 Å². The lowest BCUT2D eigenvalue weighted by atomic mass is 10.1. The van der Waals surface area contributed by atoms with Gasteiger partial charge in [0.2, 0.25) is 0 Å². The standard InChI is InChI=1S/C15H20BrN3/c1-12(2)10-19-15(17-11-18-19)9-8-14(16)13-6-4-3-5-7-13/h3-7,11-12,14H,8-10H2,1-2H3. The van der Waals surface area contributed by atoms with Crippen LogP contribution in [0.3, 0.4) is 0 Å². The first-order valence-corrected chi connectivity index (χ1v) is 7.64. The van der Waals surface area contributed by atoms with Crippen molar-refractivity contribution in [3.05, 3.63) is 48.0 Å². The summed E-state index contributed by atoms with van der Waals surface area (Å²) < 4.78 is 2.02. The van der Waals surface area contributed by atoms with E-state index in [1.807, 2.05) is 10.7 Å². The van der Waals surface area contributed by atoms with Gasteiger partial charge in [0.1, 0.15) is 12.2 Å². The van der Waals surface area contributed by atoms with Crippen LogP contribution in [0.15, 0.2) is 36.7 Å². The fourth-order valence-corrected chi connectivity index (χ4v) is 2.60. The Hall–Kier alpha value is -1.16. The molecular weight excluding hydrogens is 302 g/mol.